The van der Waals surface area contributed by atoms with Crippen LogP contribution in [0.2, 0.25) is 0 Å². The molecule has 1 aromatic carbocycles. The van der Waals surface area contributed by atoms with Crippen molar-refractivity contribution in [2.75, 3.05) is 6.61 Å². The fourth-order valence-corrected chi connectivity index (χ4v) is 1.17. The molecule has 0 unspecified atom stereocenters. The van der Waals surface area contributed by atoms with E-state index in [1.807, 2.05) is 43.3 Å². The third-order valence-corrected chi connectivity index (χ3v) is 1.74. The molecule has 1 N–H and O–H groups in total. The molecule has 0 aromatic heterocycles. The van der Waals surface area contributed by atoms with E-state index in [0.29, 0.717) is 0 Å². The summed E-state index contributed by atoms with van der Waals surface area (Å²) in [5, 5.41) is 9.12. The molecule has 0 saturated heterocycles. The van der Waals surface area contributed by atoms with Gasteiger partial charge in [0.2, 0.25) is 0 Å². The Hall–Kier alpha value is -1.34. The summed E-state index contributed by atoms with van der Waals surface area (Å²) < 4.78 is 0. The van der Waals surface area contributed by atoms with Crippen LogP contribution in [0.25, 0.3) is 5.57 Å². The molecule has 0 aliphatic heterocycles. The third-order valence-electron chi connectivity index (χ3n) is 1.74. The van der Waals surface area contributed by atoms with Crippen molar-refractivity contribution in [3.63, 3.8) is 0 Å². The minimum absolute atomic E-state index is 0.0525. The molecule has 0 aliphatic carbocycles. The Morgan fingerprint density at radius 3 is 2.46 bits per heavy atom. The molecule has 13 heavy (non-hydrogen) atoms. The predicted molar refractivity (Wildman–Crippen MR) is 56.3 cm³/mol. The first-order valence-electron chi connectivity index (χ1n) is 4.26. The molecular formula is C12H14O. The molecule has 1 rings (SSSR count). The van der Waals surface area contributed by atoms with Gasteiger partial charge in [-0.1, -0.05) is 48.6 Å². The summed E-state index contributed by atoms with van der Waals surface area (Å²) in [6, 6.07) is 9.82. The van der Waals surface area contributed by atoms with Gasteiger partial charge in [0.15, 0.2) is 0 Å². The molecule has 0 aliphatic rings. The van der Waals surface area contributed by atoms with Crippen molar-refractivity contribution in [2.45, 2.75) is 6.92 Å². The molecule has 0 heterocycles. The number of benzene rings is 1. The van der Waals surface area contributed by atoms with E-state index in [4.69, 9.17) is 5.11 Å². The monoisotopic (exact) mass is 174 g/mol. The second-order valence-electron chi connectivity index (χ2n) is 3.04. The Balaban J connectivity index is 2.98. The lowest BCUT2D eigenvalue weighted by Crippen LogP contribution is -1.90. The first-order chi connectivity index (χ1) is 6.24. The topological polar surface area (TPSA) is 20.2 Å². The maximum atomic E-state index is 9.12. The van der Waals surface area contributed by atoms with E-state index in [1.165, 1.54) is 0 Å². The SMILES string of the molecule is C=C(C)/C=C(/CO)c1ccccc1. The van der Waals surface area contributed by atoms with Crippen molar-refractivity contribution in [2.24, 2.45) is 0 Å². The molecule has 68 valence electrons. The van der Waals surface area contributed by atoms with Gasteiger partial charge in [0.1, 0.15) is 0 Å². The fourth-order valence-electron chi connectivity index (χ4n) is 1.17. The lowest BCUT2D eigenvalue weighted by Gasteiger charge is -2.03. The largest absolute Gasteiger partial charge is 0.392 e. The van der Waals surface area contributed by atoms with Crippen LogP contribution < -0.4 is 0 Å². The van der Waals surface area contributed by atoms with E-state index in [1.54, 1.807) is 0 Å². The smallest absolute Gasteiger partial charge is 0.0687 e. The van der Waals surface area contributed by atoms with Gasteiger partial charge in [0, 0.05) is 0 Å². The van der Waals surface area contributed by atoms with Gasteiger partial charge in [-0.2, -0.15) is 0 Å². The highest BCUT2D eigenvalue weighted by Crippen LogP contribution is 2.14. The van der Waals surface area contributed by atoms with Crippen molar-refractivity contribution in [3.05, 3.63) is 54.1 Å². The number of aliphatic hydroxyl groups excluding tert-OH is 1. The average molecular weight is 174 g/mol. The second-order valence-corrected chi connectivity index (χ2v) is 3.04. The number of rotatable bonds is 3. The van der Waals surface area contributed by atoms with Crippen LogP contribution in [0.3, 0.4) is 0 Å². The van der Waals surface area contributed by atoms with Crippen molar-refractivity contribution in [3.8, 4) is 0 Å². The first-order valence-corrected chi connectivity index (χ1v) is 4.26. The lowest BCUT2D eigenvalue weighted by atomic mass is 10.0. The van der Waals surface area contributed by atoms with Crippen LogP contribution in [0.4, 0.5) is 0 Å². The maximum Gasteiger partial charge on any atom is 0.0687 e. The van der Waals surface area contributed by atoms with Crippen LogP contribution in [0, 0.1) is 0 Å². The molecular weight excluding hydrogens is 160 g/mol. The molecule has 1 aromatic rings. The van der Waals surface area contributed by atoms with Gasteiger partial charge in [-0.3, -0.25) is 0 Å². The standard InChI is InChI=1S/C12H14O/c1-10(2)8-12(9-13)11-6-4-3-5-7-11/h3-8,13H,1,9H2,2H3/b12-8-. The highest BCUT2D eigenvalue weighted by atomic mass is 16.3. The molecule has 0 spiro atoms. The number of allylic oxidation sites excluding steroid dienone is 2. The molecule has 0 amide bonds. The second kappa shape index (κ2) is 4.63. The van der Waals surface area contributed by atoms with Gasteiger partial charge >= 0.3 is 0 Å². The minimum atomic E-state index is 0.0525. The third kappa shape index (κ3) is 2.88. The molecule has 0 radical (unpaired) electrons. The minimum Gasteiger partial charge on any atom is -0.392 e. The predicted octanol–water partition coefficient (Wildman–Crippen LogP) is 2.64. The quantitative estimate of drug-likeness (QED) is 0.698. The zero-order chi connectivity index (χ0) is 9.68. The Morgan fingerprint density at radius 1 is 1.38 bits per heavy atom. The van der Waals surface area contributed by atoms with Crippen molar-refractivity contribution in [1.82, 2.24) is 0 Å². The van der Waals surface area contributed by atoms with E-state index in [9.17, 15) is 0 Å². The zero-order valence-corrected chi connectivity index (χ0v) is 7.83. The van der Waals surface area contributed by atoms with Crippen molar-refractivity contribution >= 4 is 5.57 Å². The zero-order valence-electron chi connectivity index (χ0n) is 7.83. The van der Waals surface area contributed by atoms with Crippen molar-refractivity contribution < 1.29 is 5.11 Å². The molecule has 0 fully saturated rings. The van der Waals surface area contributed by atoms with Gasteiger partial charge in [-0.25, -0.2) is 0 Å². The summed E-state index contributed by atoms with van der Waals surface area (Å²) >= 11 is 0. The van der Waals surface area contributed by atoms with Crippen LogP contribution >= 0.6 is 0 Å². The Labute approximate surface area is 79.0 Å². The Kier molecular flexibility index (Phi) is 3.47. The van der Waals surface area contributed by atoms with E-state index in [0.717, 1.165) is 16.7 Å². The van der Waals surface area contributed by atoms with Gasteiger partial charge in [0.25, 0.3) is 0 Å². The Morgan fingerprint density at radius 2 is 2.00 bits per heavy atom. The molecule has 0 bridgehead atoms. The summed E-state index contributed by atoms with van der Waals surface area (Å²) in [6.07, 6.45) is 1.90. The average Bonchev–Trinajstić information content (AvgIpc) is 2.15. The number of hydrogen-bond acceptors (Lipinski definition) is 1. The van der Waals surface area contributed by atoms with Crippen LogP contribution in [0.5, 0.6) is 0 Å². The highest BCUT2D eigenvalue weighted by Gasteiger charge is 1.97. The van der Waals surface area contributed by atoms with Crippen LogP contribution in [-0.4, -0.2) is 11.7 Å². The summed E-state index contributed by atoms with van der Waals surface area (Å²) in [7, 11) is 0. The maximum absolute atomic E-state index is 9.12. The lowest BCUT2D eigenvalue weighted by molar-refractivity contribution is 0.350. The normalized spacial score (nSPS) is 11.4. The summed E-state index contributed by atoms with van der Waals surface area (Å²) in [4.78, 5) is 0. The molecule has 0 saturated carbocycles. The van der Waals surface area contributed by atoms with Crippen LogP contribution in [-0.2, 0) is 0 Å². The first kappa shape index (κ1) is 9.75. The van der Waals surface area contributed by atoms with Gasteiger partial charge in [-0.05, 0) is 18.1 Å². The van der Waals surface area contributed by atoms with E-state index < -0.39 is 0 Å². The number of aliphatic hydroxyl groups is 1. The van der Waals surface area contributed by atoms with Gasteiger partial charge < -0.3 is 5.11 Å². The fraction of sp³-hybridized carbons (Fsp3) is 0.167. The van der Waals surface area contributed by atoms with E-state index >= 15 is 0 Å². The number of hydrogen-bond donors (Lipinski definition) is 1. The highest BCUT2D eigenvalue weighted by molar-refractivity contribution is 5.68. The van der Waals surface area contributed by atoms with Crippen LogP contribution in [0.1, 0.15) is 12.5 Å². The van der Waals surface area contributed by atoms with Crippen LogP contribution in [0.15, 0.2) is 48.6 Å². The van der Waals surface area contributed by atoms with Gasteiger partial charge in [0.05, 0.1) is 6.61 Å². The Bertz CT molecular complexity index is 309. The summed E-state index contributed by atoms with van der Waals surface area (Å²) in [6.45, 7) is 5.75. The summed E-state index contributed by atoms with van der Waals surface area (Å²) in [5.41, 5.74) is 2.91. The van der Waals surface area contributed by atoms with E-state index in [-0.39, 0.29) is 6.61 Å². The molecule has 1 nitrogen and oxygen atoms in total. The molecule has 1 heteroatoms. The van der Waals surface area contributed by atoms with Gasteiger partial charge in [-0.15, -0.1) is 0 Å². The summed E-state index contributed by atoms with van der Waals surface area (Å²) in [5.74, 6) is 0. The van der Waals surface area contributed by atoms with Crippen molar-refractivity contribution in [1.29, 1.82) is 0 Å². The molecule has 0 atom stereocenters. The van der Waals surface area contributed by atoms with E-state index in [2.05, 4.69) is 6.58 Å².